The van der Waals surface area contributed by atoms with E-state index in [9.17, 15) is 0 Å². The van der Waals surface area contributed by atoms with Crippen molar-refractivity contribution in [2.45, 2.75) is 33.1 Å². The molecule has 1 saturated heterocycles. The quantitative estimate of drug-likeness (QED) is 0.879. The van der Waals surface area contributed by atoms with Gasteiger partial charge in [0, 0.05) is 36.6 Å². The first-order chi connectivity index (χ1) is 12.2. The van der Waals surface area contributed by atoms with Gasteiger partial charge in [0.25, 0.3) is 0 Å². The normalized spacial score (nSPS) is 16.0. The van der Waals surface area contributed by atoms with E-state index in [4.69, 9.17) is 0 Å². The summed E-state index contributed by atoms with van der Waals surface area (Å²) in [4.78, 5) is 11.7. The van der Waals surface area contributed by atoms with E-state index in [0.717, 1.165) is 29.2 Å². The summed E-state index contributed by atoms with van der Waals surface area (Å²) in [5, 5.41) is 3.12. The first-order valence-electron chi connectivity index (χ1n) is 9.16. The van der Waals surface area contributed by atoms with Gasteiger partial charge in [-0.25, -0.2) is 0 Å². The molecular weight excluding hydrogens is 308 g/mol. The van der Waals surface area contributed by atoms with Crippen LogP contribution in [-0.2, 0) is 0 Å². The lowest BCUT2D eigenvalue weighted by Crippen LogP contribution is -2.31. The van der Waals surface area contributed by atoms with Crippen LogP contribution in [0.2, 0.25) is 0 Å². The summed E-state index contributed by atoms with van der Waals surface area (Å²) >= 11 is 0. The monoisotopic (exact) mass is 336 g/mol. The van der Waals surface area contributed by atoms with Crippen LogP contribution in [0.25, 0.3) is 17.3 Å². The number of pyridine rings is 2. The Morgan fingerprint density at radius 2 is 1.96 bits per heavy atom. The lowest BCUT2D eigenvalue weighted by Gasteiger charge is -2.26. The van der Waals surface area contributed by atoms with Gasteiger partial charge in [-0.3, -0.25) is 14.9 Å². The van der Waals surface area contributed by atoms with E-state index in [1.54, 1.807) is 0 Å². The molecule has 0 radical (unpaired) electrons. The molecule has 2 aromatic heterocycles. The van der Waals surface area contributed by atoms with E-state index in [-0.39, 0.29) is 0 Å². The second-order valence-corrected chi connectivity index (χ2v) is 6.87. The number of aryl methyl sites for hydroxylation is 1. The summed E-state index contributed by atoms with van der Waals surface area (Å²) < 4.78 is 0. The van der Waals surface area contributed by atoms with Gasteiger partial charge in [0.15, 0.2) is 0 Å². The van der Waals surface area contributed by atoms with E-state index < -0.39 is 0 Å². The fraction of sp³-hybridized carbons (Fsp3) is 0.429. The van der Waals surface area contributed by atoms with Crippen LogP contribution in [0, 0.1) is 6.92 Å². The van der Waals surface area contributed by atoms with Crippen molar-refractivity contribution < 1.29 is 0 Å². The molecule has 132 valence electrons. The third-order valence-corrected chi connectivity index (χ3v) is 4.83. The molecule has 0 unspecified atom stereocenters. The second-order valence-electron chi connectivity index (χ2n) is 6.87. The molecule has 1 N–H and O–H groups in total. The number of rotatable bonds is 5. The summed E-state index contributed by atoms with van der Waals surface area (Å²) in [6, 6.07) is 6.19. The Kier molecular flexibility index (Phi) is 5.82. The molecule has 4 nitrogen and oxygen atoms in total. The maximum atomic E-state index is 4.61. The van der Waals surface area contributed by atoms with Crippen LogP contribution >= 0.6 is 0 Å². The number of likely N-dealkylation sites (tertiary alicyclic amines) is 1. The number of piperidine rings is 1. The van der Waals surface area contributed by atoms with Crippen LogP contribution in [-0.4, -0.2) is 41.5 Å². The minimum Gasteiger partial charge on any atom is -0.387 e. The molecule has 25 heavy (non-hydrogen) atoms. The Hall–Kier alpha value is -2.20. The van der Waals surface area contributed by atoms with Crippen LogP contribution in [0.4, 0.5) is 5.69 Å². The van der Waals surface area contributed by atoms with E-state index in [1.807, 2.05) is 19.4 Å². The molecule has 4 heteroatoms. The zero-order valence-corrected chi connectivity index (χ0v) is 15.5. The van der Waals surface area contributed by atoms with E-state index in [1.165, 1.54) is 43.5 Å². The predicted octanol–water partition coefficient (Wildman–Crippen LogP) is 4.38. The van der Waals surface area contributed by atoms with Crippen LogP contribution in [0.5, 0.6) is 0 Å². The van der Waals surface area contributed by atoms with Gasteiger partial charge in [-0.1, -0.05) is 18.1 Å². The highest BCUT2D eigenvalue weighted by atomic mass is 15.1. The average Bonchev–Trinajstić information content (AvgIpc) is 2.64. The third kappa shape index (κ3) is 4.45. The molecule has 2 aromatic rings. The zero-order chi connectivity index (χ0) is 17.6. The van der Waals surface area contributed by atoms with E-state index >= 15 is 0 Å². The van der Waals surface area contributed by atoms with Gasteiger partial charge in [-0.15, -0.1) is 0 Å². The third-order valence-electron chi connectivity index (χ3n) is 4.83. The van der Waals surface area contributed by atoms with Gasteiger partial charge >= 0.3 is 0 Å². The molecular formula is C21H28N4. The van der Waals surface area contributed by atoms with Gasteiger partial charge in [0.05, 0.1) is 17.6 Å². The van der Waals surface area contributed by atoms with Crippen LogP contribution in [0.1, 0.15) is 37.4 Å². The Morgan fingerprint density at radius 3 is 2.64 bits per heavy atom. The van der Waals surface area contributed by atoms with Crippen molar-refractivity contribution in [1.29, 1.82) is 0 Å². The summed E-state index contributed by atoms with van der Waals surface area (Å²) in [6.45, 7) is 7.78. The van der Waals surface area contributed by atoms with Crippen molar-refractivity contribution in [2.24, 2.45) is 0 Å². The summed E-state index contributed by atoms with van der Waals surface area (Å²) in [6.07, 6.45) is 10.1. The van der Waals surface area contributed by atoms with Crippen molar-refractivity contribution in [3.8, 4) is 11.3 Å². The van der Waals surface area contributed by atoms with Crippen LogP contribution in [0.15, 0.2) is 36.2 Å². The van der Waals surface area contributed by atoms with Gasteiger partial charge < -0.3 is 5.32 Å². The molecule has 1 aliphatic rings. The maximum Gasteiger partial charge on any atom is 0.0710 e. The molecule has 0 spiro atoms. The molecule has 1 fully saturated rings. The number of anilines is 1. The number of hydrogen-bond acceptors (Lipinski definition) is 4. The second kappa shape index (κ2) is 8.26. The fourth-order valence-corrected chi connectivity index (χ4v) is 3.45. The SMILES string of the molecule is CNc1ccc(-c2ccnc(C)c2/C=C(\C)CN2CCCCC2)nc1. The highest BCUT2D eigenvalue weighted by Gasteiger charge is 2.12. The minimum absolute atomic E-state index is 0.988. The molecule has 3 rings (SSSR count). The Bertz CT molecular complexity index is 728. The molecule has 0 aliphatic carbocycles. The minimum atomic E-state index is 0.988. The van der Waals surface area contributed by atoms with Gasteiger partial charge in [0.2, 0.25) is 0 Å². The van der Waals surface area contributed by atoms with Crippen molar-refractivity contribution in [3.63, 3.8) is 0 Å². The van der Waals surface area contributed by atoms with Gasteiger partial charge in [-0.05, 0) is 58.0 Å². The summed E-state index contributed by atoms with van der Waals surface area (Å²) in [5.41, 5.74) is 6.77. The molecule has 0 atom stereocenters. The topological polar surface area (TPSA) is 41.1 Å². The number of hydrogen-bond donors (Lipinski definition) is 1. The Labute approximate surface area is 151 Å². The van der Waals surface area contributed by atoms with Crippen LogP contribution in [0.3, 0.4) is 0 Å². The van der Waals surface area contributed by atoms with Gasteiger partial charge in [0.1, 0.15) is 0 Å². The number of nitrogens with zero attached hydrogens (tertiary/aromatic N) is 3. The predicted molar refractivity (Wildman–Crippen MR) is 106 cm³/mol. The van der Waals surface area contributed by atoms with Crippen molar-refractivity contribution >= 4 is 11.8 Å². The van der Waals surface area contributed by atoms with Crippen molar-refractivity contribution in [3.05, 3.63) is 47.4 Å². The molecule has 0 bridgehead atoms. The lowest BCUT2D eigenvalue weighted by atomic mass is 10.0. The maximum absolute atomic E-state index is 4.61. The highest BCUT2D eigenvalue weighted by Crippen LogP contribution is 2.26. The number of nitrogens with one attached hydrogen (secondary N) is 1. The summed E-state index contributed by atoms with van der Waals surface area (Å²) in [5.74, 6) is 0. The zero-order valence-electron chi connectivity index (χ0n) is 15.5. The highest BCUT2D eigenvalue weighted by molar-refractivity contribution is 5.75. The van der Waals surface area contributed by atoms with Crippen molar-refractivity contribution in [1.82, 2.24) is 14.9 Å². The smallest absolute Gasteiger partial charge is 0.0710 e. The summed E-state index contributed by atoms with van der Waals surface area (Å²) in [7, 11) is 1.91. The first-order valence-corrected chi connectivity index (χ1v) is 9.16. The molecule has 1 aliphatic heterocycles. The first kappa shape index (κ1) is 17.6. The average molecular weight is 336 g/mol. The Morgan fingerprint density at radius 1 is 1.16 bits per heavy atom. The number of aromatic nitrogens is 2. The van der Waals surface area contributed by atoms with E-state index in [2.05, 4.69) is 58.3 Å². The van der Waals surface area contributed by atoms with Gasteiger partial charge in [-0.2, -0.15) is 0 Å². The Balaban J connectivity index is 1.88. The van der Waals surface area contributed by atoms with E-state index in [0.29, 0.717) is 0 Å². The standard InChI is InChI=1S/C21H28N4/c1-16(15-25-11-5-4-6-12-25)13-20-17(2)23-10-9-19(20)21-8-7-18(22-3)14-24-21/h7-10,13-14,22H,4-6,11-12,15H2,1-3H3/b16-13+. The molecule has 0 amide bonds. The largest absolute Gasteiger partial charge is 0.387 e. The van der Waals surface area contributed by atoms with Crippen LogP contribution < -0.4 is 5.32 Å². The lowest BCUT2D eigenvalue weighted by molar-refractivity contribution is 0.247. The molecule has 3 heterocycles. The molecule has 0 saturated carbocycles. The fourth-order valence-electron chi connectivity index (χ4n) is 3.45. The van der Waals surface area contributed by atoms with Crippen molar-refractivity contribution in [2.75, 3.05) is 32.0 Å². The molecule has 0 aromatic carbocycles.